The van der Waals surface area contributed by atoms with Crippen LogP contribution in [-0.2, 0) is 7.05 Å². The predicted molar refractivity (Wildman–Crippen MR) is 77.0 cm³/mol. The minimum absolute atomic E-state index is 0.766. The van der Waals surface area contributed by atoms with Gasteiger partial charge in [-0.15, -0.1) is 5.10 Å². The smallest absolute Gasteiger partial charge is 0.131 e. The van der Waals surface area contributed by atoms with Crippen LogP contribution < -0.4 is 0 Å². The van der Waals surface area contributed by atoms with Gasteiger partial charge in [-0.05, 0) is 12.1 Å². The highest BCUT2D eigenvalue weighted by molar-refractivity contribution is 6.03. The number of aromatic nitrogens is 5. The fourth-order valence-electron chi connectivity index (χ4n) is 2.33. The van der Waals surface area contributed by atoms with Gasteiger partial charge in [0.2, 0.25) is 0 Å². The molecule has 0 fully saturated rings. The van der Waals surface area contributed by atoms with Gasteiger partial charge in [0.05, 0.1) is 22.9 Å². The zero-order chi connectivity index (χ0) is 13.5. The Hall–Kier alpha value is -2.82. The largest absolute Gasteiger partial charge is 0.255 e. The molecule has 0 aliphatic heterocycles. The van der Waals surface area contributed by atoms with Gasteiger partial charge in [0.15, 0.2) is 0 Å². The van der Waals surface area contributed by atoms with E-state index in [1.165, 1.54) is 0 Å². The Morgan fingerprint density at radius 3 is 2.50 bits per heavy atom. The number of rotatable bonds is 1. The fraction of sp³-hybridized carbons (Fsp3) is 0.0667. The molecule has 0 N–H and O–H groups in total. The molecule has 20 heavy (non-hydrogen) atoms. The lowest BCUT2D eigenvalue weighted by atomic mass is 10.1. The Balaban J connectivity index is 2.04. The SMILES string of the molecule is Cn1cc(-c2ccc3ccc4cccnc4c3n2)nn1. The number of benzene rings is 1. The third-order valence-corrected chi connectivity index (χ3v) is 3.30. The van der Waals surface area contributed by atoms with E-state index in [1.807, 2.05) is 37.5 Å². The first-order valence-electron chi connectivity index (χ1n) is 6.32. The molecule has 3 aromatic heterocycles. The highest BCUT2D eigenvalue weighted by Crippen LogP contribution is 2.24. The predicted octanol–water partition coefficient (Wildman–Crippen LogP) is 2.58. The first-order valence-corrected chi connectivity index (χ1v) is 6.32. The Morgan fingerprint density at radius 2 is 1.70 bits per heavy atom. The Bertz CT molecular complexity index is 926. The van der Waals surface area contributed by atoms with Crippen LogP contribution in [0.15, 0.2) is 48.8 Å². The summed E-state index contributed by atoms with van der Waals surface area (Å²) < 4.78 is 1.67. The van der Waals surface area contributed by atoms with Crippen LogP contribution in [0.3, 0.4) is 0 Å². The molecule has 5 nitrogen and oxygen atoms in total. The summed E-state index contributed by atoms with van der Waals surface area (Å²) >= 11 is 0. The lowest BCUT2D eigenvalue weighted by molar-refractivity contribution is 0.715. The Labute approximate surface area is 114 Å². The lowest BCUT2D eigenvalue weighted by Gasteiger charge is -2.03. The van der Waals surface area contributed by atoms with Crippen LogP contribution in [0.2, 0.25) is 0 Å². The second-order valence-corrected chi connectivity index (χ2v) is 4.69. The number of nitrogens with zero attached hydrogens (tertiary/aromatic N) is 5. The van der Waals surface area contributed by atoms with Crippen LogP contribution in [0, 0.1) is 0 Å². The van der Waals surface area contributed by atoms with Crippen LogP contribution in [-0.4, -0.2) is 25.0 Å². The molecule has 4 rings (SSSR count). The van der Waals surface area contributed by atoms with E-state index in [4.69, 9.17) is 4.98 Å². The van der Waals surface area contributed by atoms with E-state index < -0.39 is 0 Å². The second-order valence-electron chi connectivity index (χ2n) is 4.69. The van der Waals surface area contributed by atoms with Crippen LogP contribution in [0.1, 0.15) is 0 Å². The van der Waals surface area contributed by atoms with Gasteiger partial charge < -0.3 is 0 Å². The van der Waals surface area contributed by atoms with Gasteiger partial charge in [-0.2, -0.15) is 0 Å². The summed E-state index contributed by atoms with van der Waals surface area (Å²) in [6.45, 7) is 0. The summed E-state index contributed by atoms with van der Waals surface area (Å²) in [5, 5.41) is 10.2. The molecule has 1 aromatic carbocycles. The van der Waals surface area contributed by atoms with Crippen LogP contribution >= 0.6 is 0 Å². The Morgan fingerprint density at radius 1 is 0.900 bits per heavy atom. The van der Waals surface area contributed by atoms with Crippen molar-refractivity contribution < 1.29 is 0 Å². The zero-order valence-corrected chi connectivity index (χ0v) is 10.9. The maximum Gasteiger partial charge on any atom is 0.131 e. The molecule has 0 aliphatic rings. The maximum absolute atomic E-state index is 4.71. The molecular weight excluding hydrogens is 250 g/mol. The van der Waals surface area contributed by atoms with Gasteiger partial charge in [0.25, 0.3) is 0 Å². The summed E-state index contributed by atoms with van der Waals surface area (Å²) in [5.41, 5.74) is 3.38. The van der Waals surface area contributed by atoms with Gasteiger partial charge >= 0.3 is 0 Å². The van der Waals surface area contributed by atoms with E-state index in [0.717, 1.165) is 33.2 Å². The maximum atomic E-state index is 4.71. The summed E-state index contributed by atoms with van der Waals surface area (Å²) in [7, 11) is 1.84. The van der Waals surface area contributed by atoms with Gasteiger partial charge in [-0.1, -0.05) is 29.5 Å². The molecule has 0 saturated heterocycles. The van der Waals surface area contributed by atoms with Crippen molar-refractivity contribution in [2.75, 3.05) is 0 Å². The van der Waals surface area contributed by atoms with Crippen molar-refractivity contribution in [2.45, 2.75) is 0 Å². The molecule has 0 amide bonds. The van der Waals surface area contributed by atoms with E-state index in [0.29, 0.717) is 0 Å². The molecule has 0 bridgehead atoms. The van der Waals surface area contributed by atoms with Gasteiger partial charge in [0, 0.05) is 24.0 Å². The van der Waals surface area contributed by atoms with E-state index >= 15 is 0 Å². The monoisotopic (exact) mass is 261 g/mol. The van der Waals surface area contributed by atoms with Gasteiger partial charge in [0.1, 0.15) is 5.69 Å². The third kappa shape index (κ3) is 1.64. The van der Waals surface area contributed by atoms with E-state index in [-0.39, 0.29) is 0 Å². The van der Waals surface area contributed by atoms with E-state index in [2.05, 4.69) is 27.4 Å². The standard InChI is InChI=1S/C15H11N5/c1-20-9-13(18-19-20)12-7-6-11-5-4-10-3-2-8-16-14(10)15(11)17-12/h2-9H,1H3. The topological polar surface area (TPSA) is 56.5 Å². The third-order valence-electron chi connectivity index (χ3n) is 3.30. The fourth-order valence-corrected chi connectivity index (χ4v) is 2.33. The average molecular weight is 261 g/mol. The number of pyridine rings is 2. The minimum Gasteiger partial charge on any atom is -0.255 e. The van der Waals surface area contributed by atoms with Crippen molar-refractivity contribution in [3.63, 3.8) is 0 Å². The number of fused-ring (bicyclic) bond motifs is 3. The van der Waals surface area contributed by atoms with Crippen molar-refractivity contribution >= 4 is 21.8 Å². The summed E-state index contributed by atoms with van der Waals surface area (Å²) in [5.74, 6) is 0. The van der Waals surface area contributed by atoms with Crippen LogP contribution in [0.25, 0.3) is 33.2 Å². The van der Waals surface area contributed by atoms with E-state index in [1.54, 1.807) is 10.9 Å². The normalized spacial score (nSPS) is 11.2. The van der Waals surface area contributed by atoms with E-state index in [9.17, 15) is 0 Å². The van der Waals surface area contributed by atoms with Crippen molar-refractivity contribution in [2.24, 2.45) is 7.05 Å². The minimum atomic E-state index is 0.766. The number of hydrogen-bond acceptors (Lipinski definition) is 4. The zero-order valence-electron chi connectivity index (χ0n) is 10.9. The molecule has 0 atom stereocenters. The molecule has 4 aromatic rings. The summed E-state index contributed by atoms with van der Waals surface area (Å²) in [6, 6.07) is 12.1. The Kier molecular flexibility index (Phi) is 2.26. The molecule has 0 radical (unpaired) electrons. The molecule has 5 heteroatoms. The molecule has 0 saturated carbocycles. The van der Waals surface area contributed by atoms with Gasteiger partial charge in [-0.25, -0.2) is 4.98 Å². The quantitative estimate of drug-likeness (QED) is 0.494. The average Bonchev–Trinajstić information content (AvgIpc) is 2.93. The van der Waals surface area contributed by atoms with Crippen LogP contribution in [0.5, 0.6) is 0 Å². The summed E-state index contributed by atoms with van der Waals surface area (Å²) in [6.07, 6.45) is 3.64. The molecule has 0 aliphatic carbocycles. The van der Waals surface area contributed by atoms with Crippen molar-refractivity contribution in [3.05, 3.63) is 48.8 Å². The van der Waals surface area contributed by atoms with Crippen molar-refractivity contribution in [3.8, 4) is 11.4 Å². The highest BCUT2D eigenvalue weighted by Gasteiger charge is 2.08. The van der Waals surface area contributed by atoms with Crippen LogP contribution in [0.4, 0.5) is 0 Å². The number of aryl methyl sites for hydroxylation is 1. The van der Waals surface area contributed by atoms with Crippen molar-refractivity contribution in [1.29, 1.82) is 0 Å². The number of hydrogen-bond donors (Lipinski definition) is 0. The molecular formula is C15H11N5. The molecule has 0 spiro atoms. The highest BCUT2D eigenvalue weighted by atomic mass is 15.4. The first kappa shape index (κ1) is 11.0. The second kappa shape index (κ2) is 4.09. The molecule has 0 unspecified atom stereocenters. The molecule has 96 valence electrons. The van der Waals surface area contributed by atoms with Gasteiger partial charge in [-0.3, -0.25) is 9.67 Å². The molecule has 3 heterocycles. The first-order chi connectivity index (χ1) is 9.81. The summed E-state index contributed by atoms with van der Waals surface area (Å²) in [4.78, 5) is 9.15. The lowest BCUT2D eigenvalue weighted by Crippen LogP contribution is -1.88. The van der Waals surface area contributed by atoms with Crippen molar-refractivity contribution in [1.82, 2.24) is 25.0 Å².